The summed E-state index contributed by atoms with van der Waals surface area (Å²) in [6.07, 6.45) is 7.18. The second kappa shape index (κ2) is 9.52. The summed E-state index contributed by atoms with van der Waals surface area (Å²) in [5.74, 6) is -0.0637. The molecule has 2 aliphatic rings. The third kappa shape index (κ3) is 4.44. The van der Waals surface area contributed by atoms with Gasteiger partial charge in [-0.2, -0.15) is 0 Å². The molecule has 4 N–H and O–H groups in total. The highest BCUT2D eigenvalue weighted by atomic mass is 32.1. The number of thiazole rings is 1. The van der Waals surface area contributed by atoms with E-state index in [9.17, 15) is 15.0 Å². The molecule has 2 heterocycles. The zero-order valence-corrected chi connectivity index (χ0v) is 20.2. The predicted molar refractivity (Wildman–Crippen MR) is 130 cm³/mol. The Hall–Kier alpha value is -2.29. The van der Waals surface area contributed by atoms with Crippen LogP contribution in [0.3, 0.4) is 0 Å². The number of aliphatic hydroxyl groups is 2. The summed E-state index contributed by atoms with van der Waals surface area (Å²) in [6.45, 7) is 8.95. The molecule has 33 heavy (non-hydrogen) atoms. The fourth-order valence-electron chi connectivity index (χ4n) is 5.84. The highest BCUT2D eigenvalue weighted by Gasteiger charge is 2.59. The highest BCUT2D eigenvalue weighted by molar-refractivity contribution is 7.15. The zero-order valence-electron chi connectivity index (χ0n) is 19.4. The molecule has 2 aromatic rings. The van der Waals surface area contributed by atoms with Crippen LogP contribution in [-0.2, 0) is 17.8 Å². The maximum absolute atomic E-state index is 13.1. The Morgan fingerprint density at radius 2 is 2.24 bits per heavy atom. The summed E-state index contributed by atoms with van der Waals surface area (Å²) in [5.41, 5.74) is 1.07. The van der Waals surface area contributed by atoms with Gasteiger partial charge in [-0.05, 0) is 42.2 Å². The minimum Gasteiger partial charge on any atom is -0.396 e. The van der Waals surface area contributed by atoms with Crippen molar-refractivity contribution in [1.82, 2.24) is 15.3 Å². The van der Waals surface area contributed by atoms with E-state index in [1.54, 1.807) is 29.8 Å². The molecule has 1 amide bonds. The Balaban J connectivity index is 1.64. The van der Waals surface area contributed by atoms with Crippen molar-refractivity contribution in [2.75, 3.05) is 18.5 Å². The van der Waals surface area contributed by atoms with Crippen molar-refractivity contribution < 1.29 is 15.0 Å². The molecule has 0 radical (unpaired) electrons. The number of aliphatic hydroxyl groups excluding tert-OH is 2. The Kier molecular flexibility index (Phi) is 6.88. The minimum absolute atomic E-state index is 0.0258. The topological polar surface area (TPSA) is 107 Å². The number of aromatic nitrogens is 2. The maximum atomic E-state index is 13.1. The fourth-order valence-corrected chi connectivity index (χ4v) is 6.92. The number of anilines is 1. The van der Waals surface area contributed by atoms with Crippen molar-refractivity contribution in [3.8, 4) is 0 Å². The smallest absolute Gasteiger partial charge is 0.220 e. The number of hydrogen-bond acceptors (Lipinski definition) is 7. The van der Waals surface area contributed by atoms with Crippen LogP contribution in [0.5, 0.6) is 0 Å². The van der Waals surface area contributed by atoms with Gasteiger partial charge in [-0.1, -0.05) is 26.0 Å². The van der Waals surface area contributed by atoms with Gasteiger partial charge in [-0.3, -0.25) is 9.78 Å². The van der Waals surface area contributed by atoms with Crippen LogP contribution in [0.15, 0.2) is 37.2 Å². The lowest BCUT2D eigenvalue weighted by Crippen LogP contribution is -2.57. The SMILES string of the molecule is C=CCNc1nc2c(s1)CC1C(C)(CO)C(O)CCC1(C)C2CC(=O)NCc1cccnc1. The normalized spacial score (nSPS) is 30.7. The van der Waals surface area contributed by atoms with E-state index in [2.05, 4.69) is 29.1 Å². The number of nitrogens with zero attached hydrogens (tertiary/aromatic N) is 2. The molecule has 0 aliphatic heterocycles. The van der Waals surface area contributed by atoms with E-state index in [4.69, 9.17) is 4.98 Å². The number of rotatable bonds is 8. The Labute approximate surface area is 199 Å². The highest BCUT2D eigenvalue weighted by Crippen LogP contribution is 2.62. The molecule has 8 heteroatoms. The minimum atomic E-state index is -0.617. The van der Waals surface area contributed by atoms with Crippen LogP contribution in [0.25, 0.3) is 0 Å². The van der Waals surface area contributed by atoms with Crippen molar-refractivity contribution in [2.24, 2.45) is 16.7 Å². The largest absolute Gasteiger partial charge is 0.396 e. The predicted octanol–water partition coefficient (Wildman–Crippen LogP) is 3.26. The second-order valence-electron chi connectivity index (χ2n) is 9.87. The van der Waals surface area contributed by atoms with E-state index in [0.717, 1.165) is 34.1 Å². The van der Waals surface area contributed by atoms with Gasteiger partial charge in [0, 0.05) is 48.1 Å². The number of hydrogen-bond donors (Lipinski definition) is 4. The first kappa shape index (κ1) is 23.9. The van der Waals surface area contributed by atoms with Crippen molar-refractivity contribution in [3.63, 3.8) is 0 Å². The van der Waals surface area contributed by atoms with Crippen LogP contribution >= 0.6 is 11.3 Å². The lowest BCUT2D eigenvalue weighted by molar-refractivity contribution is -0.144. The molecule has 5 unspecified atom stereocenters. The summed E-state index contributed by atoms with van der Waals surface area (Å²) in [4.78, 5) is 23.3. The summed E-state index contributed by atoms with van der Waals surface area (Å²) in [5, 5.41) is 28.4. The van der Waals surface area contributed by atoms with Gasteiger partial charge < -0.3 is 20.8 Å². The summed E-state index contributed by atoms with van der Waals surface area (Å²) in [7, 11) is 0. The van der Waals surface area contributed by atoms with Gasteiger partial charge in [0.25, 0.3) is 0 Å². The Morgan fingerprint density at radius 3 is 2.94 bits per heavy atom. The lowest BCUT2D eigenvalue weighted by atomic mass is 9.47. The van der Waals surface area contributed by atoms with E-state index >= 15 is 0 Å². The molecule has 1 saturated carbocycles. The number of carbonyl (C=O) groups excluding carboxylic acids is 1. The molecule has 2 aliphatic carbocycles. The van der Waals surface area contributed by atoms with Gasteiger partial charge in [0.2, 0.25) is 5.91 Å². The molecule has 0 aromatic carbocycles. The van der Waals surface area contributed by atoms with Crippen molar-refractivity contribution in [2.45, 2.75) is 58.1 Å². The summed E-state index contributed by atoms with van der Waals surface area (Å²) < 4.78 is 0. The van der Waals surface area contributed by atoms with E-state index in [-0.39, 0.29) is 29.8 Å². The monoisotopic (exact) mass is 470 g/mol. The van der Waals surface area contributed by atoms with Crippen LogP contribution in [-0.4, -0.2) is 45.3 Å². The van der Waals surface area contributed by atoms with Gasteiger partial charge >= 0.3 is 0 Å². The molecule has 2 aromatic heterocycles. The van der Waals surface area contributed by atoms with Crippen LogP contribution in [0, 0.1) is 16.7 Å². The van der Waals surface area contributed by atoms with Crippen LogP contribution in [0.2, 0.25) is 0 Å². The molecule has 1 fully saturated rings. The first-order valence-electron chi connectivity index (χ1n) is 11.6. The quantitative estimate of drug-likeness (QED) is 0.441. The van der Waals surface area contributed by atoms with Gasteiger partial charge in [0.1, 0.15) is 0 Å². The Morgan fingerprint density at radius 1 is 1.42 bits per heavy atom. The Bertz CT molecular complexity index is 997. The average Bonchev–Trinajstić information content (AvgIpc) is 3.23. The van der Waals surface area contributed by atoms with Gasteiger partial charge in [0.15, 0.2) is 5.13 Å². The van der Waals surface area contributed by atoms with Crippen molar-refractivity contribution in [3.05, 3.63) is 53.3 Å². The zero-order chi connectivity index (χ0) is 23.6. The summed E-state index contributed by atoms with van der Waals surface area (Å²) in [6, 6.07) is 3.80. The maximum Gasteiger partial charge on any atom is 0.220 e. The summed E-state index contributed by atoms with van der Waals surface area (Å²) >= 11 is 1.61. The van der Waals surface area contributed by atoms with Crippen LogP contribution in [0.4, 0.5) is 5.13 Å². The molecular weight excluding hydrogens is 436 g/mol. The van der Waals surface area contributed by atoms with Gasteiger partial charge in [-0.25, -0.2) is 4.98 Å². The number of carbonyl (C=O) groups is 1. The standard InChI is InChI=1S/C25H34N4O3S/c1-4-9-27-23-29-22-17(11-21(32)28-14-16-6-5-10-26-13-16)24(2)8-7-20(31)25(3,15-30)19(24)12-18(22)33-23/h4-6,10,13,17,19-20,30-31H,1,7-9,11-12,14-15H2,2-3H3,(H,27,29)(H,28,32). The number of fused-ring (bicyclic) bond motifs is 2. The molecule has 0 saturated heterocycles. The van der Waals surface area contributed by atoms with Crippen molar-refractivity contribution >= 4 is 22.4 Å². The molecule has 0 bridgehead atoms. The van der Waals surface area contributed by atoms with E-state index in [0.29, 0.717) is 25.9 Å². The molecule has 7 nitrogen and oxygen atoms in total. The van der Waals surface area contributed by atoms with E-state index < -0.39 is 11.5 Å². The first-order chi connectivity index (χ1) is 15.8. The van der Waals surface area contributed by atoms with Gasteiger partial charge in [-0.15, -0.1) is 17.9 Å². The molecular formula is C25H34N4O3S. The van der Waals surface area contributed by atoms with Crippen LogP contribution < -0.4 is 10.6 Å². The van der Waals surface area contributed by atoms with Gasteiger partial charge in [0.05, 0.1) is 18.4 Å². The molecule has 5 atom stereocenters. The lowest BCUT2D eigenvalue weighted by Gasteiger charge is -2.58. The number of nitrogens with one attached hydrogen (secondary N) is 2. The number of amides is 1. The third-order valence-corrected chi connectivity index (χ3v) is 8.94. The second-order valence-corrected chi connectivity index (χ2v) is 11.0. The van der Waals surface area contributed by atoms with Crippen LogP contribution in [0.1, 0.15) is 55.2 Å². The average molecular weight is 471 g/mol. The third-order valence-electron chi connectivity index (χ3n) is 7.89. The molecule has 178 valence electrons. The molecule has 0 spiro atoms. The first-order valence-corrected chi connectivity index (χ1v) is 12.4. The number of pyridine rings is 1. The fraction of sp³-hybridized carbons (Fsp3) is 0.560. The van der Waals surface area contributed by atoms with E-state index in [1.165, 1.54) is 0 Å². The molecule has 4 rings (SSSR count). The van der Waals surface area contributed by atoms with Crippen molar-refractivity contribution in [1.29, 1.82) is 0 Å². The van der Waals surface area contributed by atoms with E-state index in [1.807, 2.05) is 19.1 Å².